The Hall–Kier alpha value is -1.60. The lowest BCUT2D eigenvalue weighted by molar-refractivity contribution is -0.0186. The summed E-state index contributed by atoms with van der Waals surface area (Å²) in [4.78, 5) is 13.9. The molecule has 7 heteroatoms. The molecule has 0 saturated carbocycles. The molecule has 1 aliphatic heterocycles. The second kappa shape index (κ2) is 5.36. The van der Waals surface area contributed by atoms with Gasteiger partial charge < -0.3 is 20.5 Å². The number of aryl methyl sites for hydroxylation is 1. The van der Waals surface area contributed by atoms with Crippen LogP contribution < -0.4 is 5.73 Å². The van der Waals surface area contributed by atoms with Crippen LogP contribution in [0.5, 0.6) is 0 Å². The van der Waals surface area contributed by atoms with Crippen molar-refractivity contribution in [1.29, 1.82) is 0 Å². The molecule has 0 aromatic carbocycles. The summed E-state index contributed by atoms with van der Waals surface area (Å²) in [7, 11) is 0. The van der Waals surface area contributed by atoms with E-state index in [0.29, 0.717) is 31.9 Å². The number of aliphatic hydroxyl groups is 1. The molecule has 2 heterocycles. The van der Waals surface area contributed by atoms with Crippen LogP contribution in [0.25, 0.3) is 0 Å². The van der Waals surface area contributed by atoms with Crippen LogP contribution >= 0.6 is 0 Å². The third-order valence-electron chi connectivity index (χ3n) is 3.14. The van der Waals surface area contributed by atoms with E-state index in [0.717, 1.165) is 5.69 Å². The molecule has 2 rings (SSSR count). The van der Waals surface area contributed by atoms with Gasteiger partial charge in [-0.2, -0.15) is 5.10 Å². The molecule has 100 valence electrons. The van der Waals surface area contributed by atoms with Gasteiger partial charge >= 0.3 is 0 Å². The average Bonchev–Trinajstić information content (AvgIpc) is 2.79. The van der Waals surface area contributed by atoms with Gasteiger partial charge in [-0.05, 0) is 6.42 Å². The van der Waals surface area contributed by atoms with Crippen molar-refractivity contribution in [1.82, 2.24) is 15.1 Å². The average molecular weight is 254 g/mol. The van der Waals surface area contributed by atoms with Crippen molar-refractivity contribution in [2.75, 3.05) is 32.1 Å². The molecule has 1 aliphatic rings. The minimum Gasteiger partial charge on any atom is -0.395 e. The molecule has 0 radical (unpaired) electrons. The van der Waals surface area contributed by atoms with Gasteiger partial charge in [0.05, 0.1) is 37.2 Å². The number of ether oxygens (including phenoxy) is 1. The first-order chi connectivity index (χ1) is 8.69. The number of aliphatic hydroxyl groups excluding tert-OH is 1. The van der Waals surface area contributed by atoms with Crippen LogP contribution in [0.3, 0.4) is 0 Å². The normalized spacial score (nSPS) is 20.1. The van der Waals surface area contributed by atoms with Gasteiger partial charge in [0.25, 0.3) is 5.91 Å². The summed E-state index contributed by atoms with van der Waals surface area (Å²) in [5.74, 6) is -0.259. The Morgan fingerprint density at radius 2 is 2.50 bits per heavy atom. The fourth-order valence-corrected chi connectivity index (χ4v) is 2.03. The lowest BCUT2D eigenvalue weighted by Gasteiger charge is -2.34. The van der Waals surface area contributed by atoms with Gasteiger partial charge in [0, 0.05) is 6.54 Å². The van der Waals surface area contributed by atoms with Gasteiger partial charge in [-0.1, -0.05) is 6.92 Å². The standard InChI is InChI=1S/C11H18N4O3/c1-2-8-9(12)10(14-13-8)11(17)15-3-4-18-6-7(15)5-16/h7,16H,2-6,12H2,1H3,(H,13,14). The van der Waals surface area contributed by atoms with Crippen LogP contribution in [0, 0.1) is 0 Å². The third-order valence-corrected chi connectivity index (χ3v) is 3.14. The van der Waals surface area contributed by atoms with E-state index in [9.17, 15) is 9.90 Å². The number of carbonyl (C=O) groups is 1. The zero-order chi connectivity index (χ0) is 13.1. The second-order valence-electron chi connectivity index (χ2n) is 4.23. The van der Waals surface area contributed by atoms with Gasteiger partial charge in [-0.25, -0.2) is 0 Å². The molecule has 7 nitrogen and oxygen atoms in total. The number of nitrogens with two attached hydrogens (primary N) is 1. The lowest BCUT2D eigenvalue weighted by Crippen LogP contribution is -2.50. The fraction of sp³-hybridized carbons (Fsp3) is 0.636. The molecule has 4 N–H and O–H groups in total. The molecule has 1 atom stereocenters. The van der Waals surface area contributed by atoms with Crippen LogP contribution in [-0.2, 0) is 11.2 Å². The quantitative estimate of drug-likeness (QED) is 0.667. The first-order valence-electron chi connectivity index (χ1n) is 6.01. The van der Waals surface area contributed by atoms with E-state index < -0.39 is 0 Å². The smallest absolute Gasteiger partial charge is 0.277 e. The van der Waals surface area contributed by atoms with Gasteiger partial charge in [0.2, 0.25) is 0 Å². The Kier molecular flexibility index (Phi) is 3.83. The van der Waals surface area contributed by atoms with Crippen molar-refractivity contribution < 1.29 is 14.6 Å². The molecule has 0 spiro atoms. The molecule has 1 unspecified atom stereocenters. The molecule has 1 aromatic rings. The van der Waals surface area contributed by atoms with E-state index in [1.165, 1.54) is 0 Å². The predicted molar refractivity (Wildman–Crippen MR) is 65.1 cm³/mol. The number of rotatable bonds is 3. The number of nitrogens with one attached hydrogen (secondary N) is 1. The topological polar surface area (TPSA) is 104 Å². The molecule has 18 heavy (non-hydrogen) atoms. The van der Waals surface area contributed by atoms with Gasteiger partial charge in [0.1, 0.15) is 0 Å². The number of anilines is 1. The number of nitrogen functional groups attached to an aromatic ring is 1. The maximum absolute atomic E-state index is 12.3. The highest BCUT2D eigenvalue weighted by molar-refractivity contribution is 5.97. The summed E-state index contributed by atoms with van der Waals surface area (Å²) in [6, 6.07) is -0.326. The van der Waals surface area contributed by atoms with Crippen molar-refractivity contribution in [2.24, 2.45) is 0 Å². The molecule has 0 aliphatic carbocycles. The zero-order valence-electron chi connectivity index (χ0n) is 10.3. The highest BCUT2D eigenvalue weighted by atomic mass is 16.5. The summed E-state index contributed by atoms with van der Waals surface area (Å²) in [6.07, 6.45) is 0.693. The summed E-state index contributed by atoms with van der Waals surface area (Å²) in [5.41, 5.74) is 7.25. The van der Waals surface area contributed by atoms with E-state index in [2.05, 4.69) is 10.2 Å². The number of hydrogen-bond donors (Lipinski definition) is 3. The van der Waals surface area contributed by atoms with Crippen molar-refractivity contribution in [3.63, 3.8) is 0 Å². The molecule has 0 bridgehead atoms. The first kappa shape index (κ1) is 12.8. The van der Waals surface area contributed by atoms with E-state index >= 15 is 0 Å². The maximum atomic E-state index is 12.3. The van der Waals surface area contributed by atoms with Crippen molar-refractivity contribution in [3.05, 3.63) is 11.4 Å². The lowest BCUT2D eigenvalue weighted by atomic mass is 10.2. The van der Waals surface area contributed by atoms with Gasteiger partial charge in [0.15, 0.2) is 5.69 Å². The van der Waals surface area contributed by atoms with Gasteiger partial charge in [-0.15, -0.1) is 0 Å². The fourth-order valence-electron chi connectivity index (χ4n) is 2.03. The maximum Gasteiger partial charge on any atom is 0.277 e. The first-order valence-corrected chi connectivity index (χ1v) is 6.01. The Morgan fingerprint density at radius 3 is 3.11 bits per heavy atom. The third kappa shape index (κ3) is 2.19. The number of nitrogens with zero attached hydrogens (tertiary/aromatic N) is 2. The number of carbonyl (C=O) groups excluding carboxylic acids is 1. The Balaban J connectivity index is 2.21. The number of hydrogen-bond acceptors (Lipinski definition) is 5. The van der Waals surface area contributed by atoms with Crippen molar-refractivity contribution >= 4 is 11.6 Å². The minimum atomic E-state index is -0.326. The van der Waals surface area contributed by atoms with E-state index in [4.69, 9.17) is 10.5 Å². The largest absolute Gasteiger partial charge is 0.395 e. The van der Waals surface area contributed by atoms with Crippen LogP contribution in [-0.4, -0.2) is 58.5 Å². The number of morpholine rings is 1. The molecular weight excluding hydrogens is 236 g/mol. The number of aromatic nitrogens is 2. The summed E-state index contributed by atoms with van der Waals surface area (Å²) < 4.78 is 5.23. The number of aromatic amines is 1. The zero-order valence-corrected chi connectivity index (χ0v) is 10.3. The van der Waals surface area contributed by atoms with Crippen LogP contribution in [0.15, 0.2) is 0 Å². The molecule has 1 fully saturated rings. The minimum absolute atomic E-state index is 0.128. The monoisotopic (exact) mass is 254 g/mol. The van der Waals surface area contributed by atoms with E-state index in [-0.39, 0.29) is 24.2 Å². The Labute approximate surface area is 105 Å². The molecule has 1 amide bonds. The highest BCUT2D eigenvalue weighted by Gasteiger charge is 2.30. The van der Waals surface area contributed by atoms with Crippen LogP contribution in [0.1, 0.15) is 23.1 Å². The summed E-state index contributed by atoms with van der Waals surface area (Å²) >= 11 is 0. The summed E-state index contributed by atoms with van der Waals surface area (Å²) in [5, 5.41) is 16.0. The summed E-state index contributed by atoms with van der Waals surface area (Å²) in [6.45, 7) is 3.05. The van der Waals surface area contributed by atoms with Crippen LogP contribution in [0.4, 0.5) is 5.69 Å². The molecule has 1 aromatic heterocycles. The Bertz CT molecular complexity index is 432. The Morgan fingerprint density at radius 1 is 1.72 bits per heavy atom. The van der Waals surface area contributed by atoms with E-state index in [1.807, 2.05) is 6.92 Å². The molecular formula is C11H18N4O3. The molecule has 1 saturated heterocycles. The predicted octanol–water partition coefficient (Wildman–Crippen LogP) is -0.612. The van der Waals surface area contributed by atoms with Crippen LogP contribution in [0.2, 0.25) is 0 Å². The van der Waals surface area contributed by atoms with Crippen molar-refractivity contribution in [3.8, 4) is 0 Å². The second-order valence-corrected chi connectivity index (χ2v) is 4.23. The van der Waals surface area contributed by atoms with E-state index in [1.54, 1.807) is 4.90 Å². The number of H-pyrrole nitrogens is 1. The van der Waals surface area contributed by atoms with Crippen molar-refractivity contribution in [2.45, 2.75) is 19.4 Å². The van der Waals surface area contributed by atoms with Gasteiger partial charge in [-0.3, -0.25) is 9.89 Å². The SMILES string of the molecule is CCc1[nH]nc(C(=O)N2CCOCC2CO)c1N. The number of amides is 1. The highest BCUT2D eigenvalue weighted by Crippen LogP contribution is 2.18.